The molecule has 1 aliphatic heterocycles. The van der Waals surface area contributed by atoms with E-state index in [1.807, 2.05) is 20.8 Å². The molecular weight excluding hydrogens is 296 g/mol. The average molecular weight is 318 g/mol. The van der Waals surface area contributed by atoms with Crippen LogP contribution in [0.25, 0.3) is 10.2 Å². The van der Waals surface area contributed by atoms with Crippen molar-refractivity contribution < 1.29 is 4.79 Å². The Labute approximate surface area is 134 Å². The molecule has 1 N–H and O–H groups in total. The zero-order valence-corrected chi connectivity index (χ0v) is 14.5. The van der Waals surface area contributed by atoms with Crippen molar-refractivity contribution in [1.82, 2.24) is 15.3 Å². The SMILES string of the molecule is Cc1sc2ncnc(N3CC(C(=O)NC(C)(C)C)C3)c2c1C. The van der Waals surface area contributed by atoms with E-state index in [0.29, 0.717) is 0 Å². The Morgan fingerprint density at radius 2 is 2.00 bits per heavy atom. The Bertz CT molecular complexity index is 726. The summed E-state index contributed by atoms with van der Waals surface area (Å²) in [6.07, 6.45) is 1.62. The minimum Gasteiger partial charge on any atom is -0.354 e. The highest BCUT2D eigenvalue weighted by Crippen LogP contribution is 2.36. The molecule has 2 aromatic heterocycles. The van der Waals surface area contributed by atoms with E-state index in [-0.39, 0.29) is 17.4 Å². The zero-order valence-electron chi connectivity index (χ0n) is 13.7. The minimum atomic E-state index is -0.180. The number of rotatable bonds is 2. The molecule has 1 fully saturated rings. The van der Waals surface area contributed by atoms with Crippen LogP contribution in [0.3, 0.4) is 0 Å². The van der Waals surface area contributed by atoms with E-state index in [0.717, 1.165) is 29.1 Å². The number of aromatic nitrogens is 2. The summed E-state index contributed by atoms with van der Waals surface area (Å²) in [5, 5.41) is 4.19. The number of hydrogen-bond acceptors (Lipinski definition) is 5. The van der Waals surface area contributed by atoms with E-state index in [1.54, 1.807) is 17.7 Å². The van der Waals surface area contributed by atoms with E-state index >= 15 is 0 Å². The smallest absolute Gasteiger partial charge is 0.227 e. The number of nitrogens with one attached hydrogen (secondary N) is 1. The van der Waals surface area contributed by atoms with Crippen LogP contribution in [-0.4, -0.2) is 34.5 Å². The van der Waals surface area contributed by atoms with Crippen LogP contribution >= 0.6 is 11.3 Å². The molecule has 0 bridgehead atoms. The van der Waals surface area contributed by atoms with Crippen molar-refractivity contribution in [3.63, 3.8) is 0 Å². The first-order valence-electron chi connectivity index (χ1n) is 7.54. The summed E-state index contributed by atoms with van der Waals surface area (Å²) in [4.78, 5) is 25.5. The van der Waals surface area contributed by atoms with E-state index in [9.17, 15) is 4.79 Å². The predicted molar refractivity (Wildman–Crippen MR) is 90.5 cm³/mol. The van der Waals surface area contributed by atoms with Gasteiger partial charge < -0.3 is 10.2 Å². The van der Waals surface area contributed by atoms with Gasteiger partial charge in [0, 0.05) is 23.5 Å². The number of carbonyl (C=O) groups is 1. The van der Waals surface area contributed by atoms with Crippen LogP contribution in [-0.2, 0) is 4.79 Å². The normalized spacial score (nSPS) is 16.0. The van der Waals surface area contributed by atoms with Crippen LogP contribution in [0.1, 0.15) is 31.2 Å². The molecular formula is C16H22N4OS. The molecule has 118 valence electrons. The van der Waals surface area contributed by atoms with E-state index < -0.39 is 0 Å². The van der Waals surface area contributed by atoms with Crippen molar-refractivity contribution in [3.8, 4) is 0 Å². The number of fused-ring (bicyclic) bond motifs is 1. The Morgan fingerprint density at radius 1 is 1.32 bits per heavy atom. The third-order valence-electron chi connectivity index (χ3n) is 4.00. The van der Waals surface area contributed by atoms with Crippen LogP contribution in [0.2, 0.25) is 0 Å². The predicted octanol–water partition coefficient (Wildman–Crippen LogP) is 2.66. The molecule has 0 unspecified atom stereocenters. The van der Waals surface area contributed by atoms with Crippen LogP contribution in [0, 0.1) is 19.8 Å². The second-order valence-corrected chi connectivity index (χ2v) is 8.21. The van der Waals surface area contributed by atoms with E-state index in [1.165, 1.54) is 10.4 Å². The standard InChI is InChI=1S/C16H22N4OS/c1-9-10(2)22-15-12(9)13(17-8-18-15)20-6-11(7-20)14(21)19-16(3,4)5/h8,11H,6-7H2,1-5H3,(H,19,21). The highest BCUT2D eigenvalue weighted by Gasteiger charge is 2.36. The quantitative estimate of drug-likeness (QED) is 0.925. The summed E-state index contributed by atoms with van der Waals surface area (Å²) in [5.41, 5.74) is 1.07. The van der Waals surface area contributed by atoms with Gasteiger partial charge in [-0.3, -0.25) is 4.79 Å². The Balaban J connectivity index is 1.77. The second kappa shape index (κ2) is 5.19. The molecule has 5 nitrogen and oxygen atoms in total. The van der Waals surface area contributed by atoms with Crippen LogP contribution in [0.15, 0.2) is 6.33 Å². The molecule has 3 heterocycles. The van der Waals surface area contributed by atoms with Crippen molar-refractivity contribution in [2.45, 2.75) is 40.2 Å². The molecule has 0 aliphatic carbocycles. The van der Waals surface area contributed by atoms with Crippen molar-refractivity contribution in [2.24, 2.45) is 5.92 Å². The molecule has 0 atom stereocenters. The van der Waals surface area contributed by atoms with Gasteiger partial charge in [0.05, 0.1) is 11.3 Å². The molecule has 22 heavy (non-hydrogen) atoms. The molecule has 0 aromatic carbocycles. The van der Waals surface area contributed by atoms with Gasteiger partial charge in [-0.2, -0.15) is 0 Å². The highest BCUT2D eigenvalue weighted by atomic mass is 32.1. The second-order valence-electron chi connectivity index (χ2n) is 7.00. The highest BCUT2D eigenvalue weighted by molar-refractivity contribution is 7.18. The first-order valence-corrected chi connectivity index (χ1v) is 8.35. The summed E-state index contributed by atoms with van der Waals surface area (Å²) < 4.78 is 0. The maximum absolute atomic E-state index is 12.2. The maximum Gasteiger partial charge on any atom is 0.227 e. The molecule has 6 heteroatoms. The molecule has 2 aromatic rings. The van der Waals surface area contributed by atoms with Crippen molar-refractivity contribution in [1.29, 1.82) is 0 Å². The summed E-state index contributed by atoms with van der Waals surface area (Å²) >= 11 is 1.70. The first-order chi connectivity index (χ1) is 10.3. The summed E-state index contributed by atoms with van der Waals surface area (Å²) in [6.45, 7) is 11.7. The first kappa shape index (κ1) is 15.2. The summed E-state index contributed by atoms with van der Waals surface area (Å²) in [7, 11) is 0. The van der Waals surface area contributed by atoms with E-state index in [2.05, 4.69) is 34.0 Å². The lowest BCUT2D eigenvalue weighted by atomic mass is 9.96. The number of amides is 1. The van der Waals surface area contributed by atoms with Gasteiger partial charge in [-0.1, -0.05) is 0 Å². The molecule has 0 spiro atoms. The van der Waals surface area contributed by atoms with Gasteiger partial charge in [-0.15, -0.1) is 11.3 Å². The molecule has 1 saturated heterocycles. The van der Waals surface area contributed by atoms with Gasteiger partial charge in [-0.25, -0.2) is 9.97 Å². The van der Waals surface area contributed by atoms with Gasteiger partial charge >= 0.3 is 0 Å². The number of aryl methyl sites for hydroxylation is 2. The monoisotopic (exact) mass is 318 g/mol. The number of carbonyl (C=O) groups excluding carboxylic acids is 1. The van der Waals surface area contributed by atoms with Crippen LogP contribution < -0.4 is 10.2 Å². The third kappa shape index (κ3) is 2.67. The molecule has 1 aliphatic rings. The van der Waals surface area contributed by atoms with Crippen LogP contribution in [0.4, 0.5) is 5.82 Å². The Kier molecular flexibility index (Phi) is 3.59. The molecule has 0 saturated carbocycles. The lowest BCUT2D eigenvalue weighted by molar-refractivity contribution is -0.127. The number of anilines is 1. The molecule has 3 rings (SSSR count). The molecule has 0 radical (unpaired) electrons. The van der Waals surface area contributed by atoms with Crippen molar-refractivity contribution in [2.75, 3.05) is 18.0 Å². The Morgan fingerprint density at radius 3 is 2.64 bits per heavy atom. The fraction of sp³-hybridized carbons (Fsp3) is 0.562. The van der Waals surface area contributed by atoms with Gasteiger partial charge in [0.25, 0.3) is 0 Å². The molecule has 1 amide bonds. The number of nitrogens with zero attached hydrogens (tertiary/aromatic N) is 3. The van der Waals surface area contributed by atoms with Gasteiger partial charge in [0.15, 0.2) is 0 Å². The van der Waals surface area contributed by atoms with E-state index in [4.69, 9.17) is 0 Å². The van der Waals surface area contributed by atoms with Gasteiger partial charge in [0.1, 0.15) is 17.0 Å². The van der Waals surface area contributed by atoms with Crippen molar-refractivity contribution >= 4 is 33.3 Å². The lowest BCUT2D eigenvalue weighted by Gasteiger charge is -2.40. The zero-order chi connectivity index (χ0) is 16.1. The van der Waals surface area contributed by atoms with Gasteiger partial charge in [0.2, 0.25) is 5.91 Å². The average Bonchev–Trinajstić information content (AvgIpc) is 2.62. The lowest BCUT2D eigenvalue weighted by Crippen LogP contribution is -2.56. The van der Waals surface area contributed by atoms with Gasteiger partial charge in [-0.05, 0) is 40.2 Å². The fourth-order valence-electron chi connectivity index (χ4n) is 2.69. The third-order valence-corrected chi connectivity index (χ3v) is 5.11. The van der Waals surface area contributed by atoms with Crippen LogP contribution in [0.5, 0.6) is 0 Å². The van der Waals surface area contributed by atoms with Crippen molar-refractivity contribution in [3.05, 3.63) is 16.8 Å². The minimum absolute atomic E-state index is 0.0456. The maximum atomic E-state index is 12.2. The number of hydrogen-bond donors (Lipinski definition) is 1. The fourth-order valence-corrected chi connectivity index (χ4v) is 3.68. The summed E-state index contributed by atoms with van der Waals surface area (Å²) in [5.74, 6) is 1.14. The Hall–Kier alpha value is -1.69. The topological polar surface area (TPSA) is 58.1 Å². The number of thiophene rings is 1. The summed E-state index contributed by atoms with van der Waals surface area (Å²) in [6, 6.07) is 0. The largest absolute Gasteiger partial charge is 0.354 e.